The Labute approximate surface area is 119 Å². The van der Waals surface area contributed by atoms with E-state index >= 15 is 0 Å². The molecule has 4 nitrogen and oxygen atoms in total. The average molecular weight is 298 g/mol. The molecule has 2 N–H and O–H groups in total. The van der Waals surface area contributed by atoms with E-state index in [4.69, 9.17) is 6.42 Å². The third-order valence-corrected chi connectivity index (χ3v) is 4.68. The molecular formula is C13H18N2O2S2. The van der Waals surface area contributed by atoms with Crippen LogP contribution in [-0.4, -0.2) is 33.5 Å². The molecule has 0 bridgehead atoms. The lowest BCUT2D eigenvalue weighted by Crippen LogP contribution is -2.26. The number of terminal acetylenes is 1. The number of sulfonamides is 1. The summed E-state index contributed by atoms with van der Waals surface area (Å²) in [5.41, 5.74) is 1.05. The molecule has 0 unspecified atom stereocenters. The molecule has 0 atom stereocenters. The van der Waals surface area contributed by atoms with E-state index in [0.29, 0.717) is 18.1 Å². The van der Waals surface area contributed by atoms with Crippen molar-refractivity contribution in [3.63, 3.8) is 0 Å². The van der Waals surface area contributed by atoms with Crippen LogP contribution in [0.5, 0.6) is 0 Å². The van der Waals surface area contributed by atoms with Crippen LogP contribution < -0.4 is 10.0 Å². The van der Waals surface area contributed by atoms with Crippen molar-refractivity contribution in [2.24, 2.45) is 0 Å². The number of hydrogen-bond acceptors (Lipinski definition) is 4. The second kappa shape index (κ2) is 8.23. The summed E-state index contributed by atoms with van der Waals surface area (Å²) in [5.74, 6) is 3.76. The van der Waals surface area contributed by atoms with Crippen LogP contribution in [0.4, 0.5) is 0 Å². The summed E-state index contributed by atoms with van der Waals surface area (Å²) >= 11 is 1.53. The zero-order chi connectivity index (χ0) is 14.1. The van der Waals surface area contributed by atoms with Crippen LogP contribution in [-0.2, 0) is 16.6 Å². The molecule has 0 aliphatic heterocycles. The predicted molar refractivity (Wildman–Crippen MR) is 80.6 cm³/mol. The predicted octanol–water partition coefficient (Wildman–Crippen LogP) is 1.05. The molecule has 1 aromatic carbocycles. The molecule has 0 saturated carbocycles. The Morgan fingerprint density at radius 2 is 2.00 bits per heavy atom. The summed E-state index contributed by atoms with van der Waals surface area (Å²) in [7, 11) is -1.57. The van der Waals surface area contributed by atoms with E-state index in [9.17, 15) is 8.42 Å². The van der Waals surface area contributed by atoms with Crippen molar-refractivity contribution >= 4 is 21.8 Å². The highest BCUT2D eigenvalue weighted by Gasteiger charge is 2.12. The second-order valence-corrected chi connectivity index (χ2v) is 6.70. The van der Waals surface area contributed by atoms with Crippen LogP contribution >= 0.6 is 11.8 Å². The molecule has 0 heterocycles. The largest absolute Gasteiger partial charge is 0.316 e. The Morgan fingerprint density at radius 1 is 1.32 bits per heavy atom. The van der Waals surface area contributed by atoms with E-state index in [1.165, 1.54) is 11.8 Å². The number of rotatable bonds is 8. The van der Waals surface area contributed by atoms with Crippen molar-refractivity contribution in [2.75, 3.05) is 25.1 Å². The summed E-state index contributed by atoms with van der Waals surface area (Å²) in [6.07, 6.45) is 5.11. The number of benzene rings is 1. The van der Waals surface area contributed by atoms with Gasteiger partial charge in [-0.05, 0) is 24.7 Å². The standard InChI is InChI=1S/C13H18N2O2S2/c1-3-9-18-10-8-15-19(16,17)13-6-4-12(5-7-13)11-14-2/h1,4-7,14-15H,8-11H2,2H3. The third kappa shape index (κ3) is 5.66. The van der Waals surface area contributed by atoms with Gasteiger partial charge in [-0.3, -0.25) is 0 Å². The van der Waals surface area contributed by atoms with Crippen molar-refractivity contribution < 1.29 is 8.42 Å². The van der Waals surface area contributed by atoms with Gasteiger partial charge in [0.15, 0.2) is 0 Å². The number of nitrogens with one attached hydrogen (secondary N) is 2. The maximum Gasteiger partial charge on any atom is 0.240 e. The average Bonchev–Trinajstić information content (AvgIpc) is 2.39. The molecule has 0 fully saturated rings. The molecule has 104 valence electrons. The minimum atomic E-state index is -3.41. The Bertz CT molecular complexity index is 519. The van der Waals surface area contributed by atoms with Gasteiger partial charge in [0.05, 0.1) is 10.6 Å². The minimum absolute atomic E-state index is 0.286. The molecule has 0 saturated heterocycles. The molecule has 0 spiro atoms. The van der Waals surface area contributed by atoms with Crippen molar-refractivity contribution in [3.05, 3.63) is 29.8 Å². The quantitative estimate of drug-likeness (QED) is 0.556. The molecule has 0 aliphatic carbocycles. The summed E-state index contributed by atoms with van der Waals surface area (Å²) in [5, 5.41) is 3.01. The Kier molecular flexibility index (Phi) is 6.95. The SMILES string of the molecule is C#CCSCCNS(=O)(=O)c1ccc(CNC)cc1. The highest BCUT2D eigenvalue weighted by Crippen LogP contribution is 2.10. The van der Waals surface area contributed by atoms with Crippen LogP contribution in [0.15, 0.2) is 29.2 Å². The first kappa shape index (κ1) is 16.1. The summed E-state index contributed by atoms with van der Waals surface area (Å²) < 4.78 is 26.5. The summed E-state index contributed by atoms with van der Waals surface area (Å²) in [6, 6.07) is 6.84. The van der Waals surface area contributed by atoms with Gasteiger partial charge < -0.3 is 5.32 Å². The maximum atomic E-state index is 12.0. The molecule has 1 aromatic rings. The van der Waals surface area contributed by atoms with E-state index in [1.807, 2.05) is 7.05 Å². The van der Waals surface area contributed by atoms with Crippen molar-refractivity contribution in [3.8, 4) is 12.3 Å². The lowest BCUT2D eigenvalue weighted by atomic mass is 10.2. The zero-order valence-corrected chi connectivity index (χ0v) is 12.5. The van der Waals surface area contributed by atoms with Gasteiger partial charge in [-0.15, -0.1) is 18.2 Å². The van der Waals surface area contributed by atoms with Gasteiger partial charge in [-0.25, -0.2) is 13.1 Å². The van der Waals surface area contributed by atoms with Gasteiger partial charge in [0.2, 0.25) is 10.0 Å². The fraction of sp³-hybridized carbons (Fsp3) is 0.385. The van der Waals surface area contributed by atoms with Crippen molar-refractivity contribution in [1.82, 2.24) is 10.0 Å². The van der Waals surface area contributed by atoms with Crippen LogP contribution in [0.3, 0.4) is 0 Å². The number of hydrogen-bond donors (Lipinski definition) is 2. The Morgan fingerprint density at radius 3 is 2.58 bits per heavy atom. The van der Waals surface area contributed by atoms with Gasteiger partial charge >= 0.3 is 0 Å². The minimum Gasteiger partial charge on any atom is -0.316 e. The maximum absolute atomic E-state index is 12.0. The lowest BCUT2D eigenvalue weighted by Gasteiger charge is -2.07. The first-order valence-corrected chi connectivity index (χ1v) is 8.48. The normalized spacial score (nSPS) is 11.2. The van der Waals surface area contributed by atoms with Gasteiger partial charge in [0.25, 0.3) is 0 Å². The van der Waals surface area contributed by atoms with Crippen LogP contribution in [0.1, 0.15) is 5.56 Å². The highest BCUT2D eigenvalue weighted by atomic mass is 32.2. The smallest absolute Gasteiger partial charge is 0.240 e. The first-order chi connectivity index (χ1) is 9.10. The monoisotopic (exact) mass is 298 g/mol. The van der Waals surface area contributed by atoms with Crippen LogP contribution in [0.2, 0.25) is 0 Å². The molecule has 0 amide bonds. The summed E-state index contributed by atoms with van der Waals surface area (Å²) in [6.45, 7) is 1.10. The second-order valence-electron chi connectivity index (χ2n) is 3.83. The fourth-order valence-corrected chi connectivity index (χ4v) is 3.12. The van der Waals surface area contributed by atoms with Crippen molar-refractivity contribution in [1.29, 1.82) is 0 Å². The Hall–Kier alpha value is -1.00. The third-order valence-electron chi connectivity index (χ3n) is 2.34. The molecular weight excluding hydrogens is 280 g/mol. The van der Waals surface area contributed by atoms with E-state index in [-0.39, 0.29) is 4.90 Å². The van der Waals surface area contributed by atoms with E-state index in [1.54, 1.807) is 24.3 Å². The highest BCUT2D eigenvalue weighted by molar-refractivity contribution is 7.99. The molecule has 6 heteroatoms. The lowest BCUT2D eigenvalue weighted by molar-refractivity contribution is 0.584. The van der Waals surface area contributed by atoms with E-state index < -0.39 is 10.0 Å². The Balaban J connectivity index is 2.54. The molecule has 0 radical (unpaired) electrons. The number of thioether (sulfide) groups is 1. The zero-order valence-electron chi connectivity index (χ0n) is 10.8. The van der Waals surface area contributed by atoms with E-state index in [2.05, 4.69) is 16.0 Å². The van der Waals surface area contributed by atoms with Gasteiger partial charge in [-0.1, -0.05) is 18.1 Å². The van der Waals surface area contributed by atoms with Crippen LogP contribution in [0, 0.1) is 12.3 Å². The van der Waals surface area contributed by atoms with Gasteiger partial charge in [0.1, 0.15) is 0 Å². The van der Waals surface area contributed by atoms with Crippen molar-refractivity contribution in [2.45, 2.75) is 11.4 Å². The summed E-state index contributed by atoms with van der Waals surface area (Å²) in [4.78, 5) is 0.286. The molecule has 19 heavy (non-hydrogen) atoms. The topological polar surface area (TPSA) is 58.2 Å². The fourth-order valence-electron chi connectivity index (χ4n) is 1.45. The van der Waals surface area contributed by atoms with Gasteiger partial charge in [-0.2, -0.15) is 0 Å². The van der Waals surface area contributed by atoms with Crippen LogP contribution in [0.25, 0.3) is 0 Å². The van der Waals surface area contributed by atoms with E-state index in [0.717, 1.165) is 12.1 Å². The molecule has 0 aliphatic rings. The molecule has 0 aromatic heterocycles. The first-order valence-electron chi connectivity index (χ1n) is 5.84. The molecule has 1 rings (SSSR count). The van der Waals surface area contributed by atoms with Gasteiger partial charge in [0, 0.05) is 18.8 Å².